The van der Waals surface area contributed by atoms with Crippen LogP contribution in [0.3, 0.4) is 0 Å². The van der Waals surface area contributed by atoms with Gasteiger partial charge < -0.3 is 4.74 Å². The first-order chi connectivity index (χ1) is 9.08. The van der Waals surface area contributed by atoms with Crippen molar-refractivity contribution < 1.29 is 9.53 Å². The Bertz CT molecular complexity index is 275. The Morgan fingerprint density at radius 3 is 2.47 bits per heavy atom. The molecule has 0 spiro atoms. The van der Waals surface area contributed by atoms with Crippen LogP contribution >= 0.6 is 0 Å². The second-order valence-corrected chi connectivity index (χ2v) is 6.36. The zero-order valence-corrected chi connectivity index (χ0v) is 12.7. The van der Waals surface area contributed by atoms with Crippen molar-refractivity contribution in [2.24, 2.45) is 5.92 Å². The number of carbonyl (C=O) groups is 1. The van der Waals surface area contributed by atoms with E-state index in [-0.39, 0.29) is 11.6 Å². The van der Waals surface area contributed by atoms with Crippen LogP contribution in [0, 0.1) is 5.92 Å². The van der Waals surface area contributed by atoms with Crippen LogP contribution in [0.4, 0.5) is 0 Å². The van der Waals surface area contributed by atoms with E-state index in [1.54, 1.807) is 0 Å². The van der Waals surface area contributed by atoms with Crippen molar-refractivity contribution in [2.75, 3.05) is 0 Å². The van der Waals surface area contributed by atoms with Crippen LogP contribution < -0.4 is 0 Å². The molecule has 1 aliphatic carbocycles. The zero-order valence-electron chi connectivity index (χ0n) is 12.7. The normalized spacial score (nSPS) is 18.3. The summed E-state index contributed by atoms with van der Waals surface area (Å²) in [6.45, 7) is 8.06. The molecule has 19 heavy (non-hydrogen) atoms. The van der Waals surface area contributed by atoms with Crippen molar-refractivity contribution >= 4 is 5.97 Å². The fourth-order valence-corrected chi connectivity index (χ4v) is 3.03. The fourth-order valence-electron chi connectivity index (χ4n) is 3.03. The number of esters is 1. The average Bonchev–Trinajstić information content (AvgIpc) is 2.39. The molecule has 1 fully saturated rings. The van der Waals surface area contributed by atoms with E-state index in [4.69, 9.17) is 4.74 Å². The standard InChI is InChI=1S/C17H30O2/c1-4-16(18)19-17(13-9-6-10-14-17)12-8-5-7-11-15(2)3/h4,15H,1,5-14H2,2-3H3. The predicted octanol–water partition coefficient (Wildman–Crippen LogP) is 5.03. The molecule has 110 valence electrons. The Morgan fingerprint density at radius 1 is 1.21 bits per heavy atom. The molecule has 1 rings (SSSR count). The summed E-state index contributed by atoms with van der Waals surface area (Å²) in [5.41, 5.74) is -0.179. The summed E-state index contributed by atoms with van der Waals surface area (Å²) in [5.74, 6) is 0.548. The van der Waals surface area contributed by atoms with Crippen molar-refractivity contribution in [2.45, 2.75) is 83.7 Å². The van der Waals surface area contributed by atoms with E-state index in [9.17, 15) is 4.79 Å². The molecule has 0 aliphatic heterocycles. The molecule has 0 radical (unpaired) electrons. The SMILES string of the molecule is C=CC(=O)OC1(CCCCCC(C)C)CCCCC1. The minimum Gasteiger partial charge on any atom is -0.456 e. The lowest BCUT2D eigenvalue weighted by Crippen LogP contribution is -2.36. The van der Waals surface area contributed by atoms with Crippen molar-refractivity contribution in [3.63, 3.8) is 0 Å². The van der Waals surface area contributed by atoms with Gasteiger partial charge in [0.25, 0.3) is 0 Å². The van der Waals surface area contributed by atoms with Gasteiger partial charge in [0.05, 0.1) is 0 Å². The van der Waals surface area contributed by atoms with Gasteiger partial charge in [-0.3, -0.25) is 0 Å². The second kappa shape index (κ2) is 8.39. The number of ether oxygens (including phenoxy) is 1. The Kier molecular flexibility index (Phi) is 7.19. The van der Waals surface area contributed by atoms with Crippen LogP contribution in [0.1, 0.15) is 78.1 Å². The number of carbonyl (C=O) groups excluding carboxylic acids is 1. The molecule has 1 saturated carbocycles. The van der Waals surface area contributed by atoms with Crippen LogP contribution in [-0.4, -0.2) is 11.6 Å². The Balaban J connectivity index is 2.36. The maximum atomic E-state index is 11.5. The summed E-state index contributed by atoms with van der Waals surface area (Å²) in [6.07, 6.45) is 13.1. The molecule has 0 atom stereocenters. The summed E-state index contributed by atoms with van der Waals surface area (Å²) < 4.78 is 5.70. The molecular weight excluding hydrogens is 236 g/mol. The van der Waals surface area contributed by atoms with Crippen molar-refractivity contribution in [1.82, 2.24) is 0 Å². The molecule has 2 nitrogen and oxygen atoms in total. The first-order valence-electron chi connectivity index (χ1n) is 7.93. The van der Waals surface area contributed by atoms with Crippen molar-refractivity contribution in [3.8, 4) is 0 Å². The Labute approximate surface area is 118 Å². The molecular formula is C17H30O2. The lowest BCUT2D eigenvalue weighted by molar-refractivity contribution is -0.158. The first kappa shape index (κ1) is 16.3. The Morgan fingerprint density at radius 2 is 1.89 bits per heavy atom. The van der Waals surface area contributed by atoms with E-state index in [0.29, 0.717) is 0 Å². The second-order valence-electron chi connectivity index (χ2n) is 6.36. The highest BCUT2D eigenvalue weighted by Gasteiger charge is 2.34. The molecule has 0 saturated heterocycles. The first-order valence-corrected chi connectivity index (χ1v) is 7.93. The topological polar surface area (TPSA) is 26.3 Å². The maximum Gasteiger partial charge on any atom is 0.330 e. The summed E-state index contributed by atoms with van der Waals surface area (Å²) in [4.78, 5) is 11.5. The van der Waals surface area contributed by atoms with Gasteiger partial charge in [0, 0.05) is 6.08 Å². The summed E-state index contributed by atoms with van der Waals surface area (Å²) >= 11 is 0. The molecule has 0 heterocycles. The highest BCUT2D eigenvalue weighted by Crippen LogP contribution is 2.36. The fraction of sp³-hybridized carbons (Fsp3) is 0.824. The van der Waals surface area contributed by atoms with E-state index in [0.717, 1.165) is 25.2 Å². The lowest BCUT2D eigenvalue weighted by atomic mass is 9.80. The van der Waals surface area contributed by atoms with Gasteiger partial charge in [0.15, 0.2) is 0 Å². The minimum atomic E-state index is -0.246. The number of hydrogen-bond acceptors (Lipinski definition) is 2. The van der Waals surface area contributed by atoms with Gasteiger partial charge in [-0.15, -0.1) is 0 Å². The molecule has 0 amide bonds. The highest BCUT2D eigenvalue weighted by atomic mass is 16.6. The number of unbranched alkanes of at least 4 members (excludes halogenated alkanes) is 2. The van der Waals surface area contributed by atoms with E-state index in [1.807, 2.05) is 0 Å². The molecule has 0 N–H and O–H groups in total. The largest absolute Gasteiger partial charge is 0.456 e. The average molecular weight is 266 g/mol. The van der Waals surface area contributed by atoms with Gasteiger partial charge in [-0.05, 0) is 44.4 Å². The van der Waals surface area contributed by atoms with E-state index >= 15 is 0 Å². The molecule has 0 aromatic heterocycles. The molecule has 0 unspecified atom stereocenters. The molecule has 2 heteroatoms. The minimum absolute atomic E-state index is 0.179. The summed E-state index contributed by atoms with van der Waals surface area (Å²) in [6, 6.07) is 0. The summed E-state index contributed by atoms with van der Waals surface area (Å²) in [7, 11) is 0. The third-order valence-corrected chi connectivity index (χ3v) is 4.16. The van der Waals surface area contributed by atoms with Gasteiger partial charge in [-0.25, -0.2) is 4.79 Å². The predicted molar refractivity (Wildman–Crippen MR) is 80.0 cm³/mol. The zero-order chi connectivity index (χ0) is 14.1. The van der Waals surface area contributed by atoms with E-state index < -0.39 is 0 Å². The van der Waals surface area contributed by atoms with Gasteiger partial charge in [0.1, 0.15) is 5.60 Å². The van der Waals surface area contributed by atoms with E-state index in [1.165, 1.54) is 51.0 Å². The third kappa shape index (κ3) is 6.26. The van der Waals surface area contributed by atoms with E-state index in [2.05, 4.69) is 20.4 Å². The van der Waals surface area contributed by atoms with Crippen LogP contribution in [0.2, 0.25) is 0 Å². The lowest BCUT2D eigenvalue weighted by Gasteiger charge is -2.36. The van der Waals surface area contributed by atoms with Gasteiger partial charge in [-0.1, -0.05) is 46.1 Å². The Hall–Kier alpha value is -0.790. The molecule has 1 aliphatic rings. The van der Waals surface area contributed by atoms with Crippen molar-refractivity contribution in [3.05, 3.63) is 12.7 Å². The quantitative estimate of drug-likeness (QED) is 0.350. The number of rotatable bonds is 8. The maximum absolute atomic E-state index is 11.5. The van der Waals surface area contributed by atoms with Gasteiger partial charge in [-0.2, -0.15) is 0 Å². The molecule has 0 aromatic rings. The number of hydrogen-bond donors (Lipinski definition) is 0. The van der Waals surface area contributed by atoms with Gasteiger partial charge in [0.2, 0.25) is 0 Å². The third-order valence-electron chi connectivity index (χ3n) is 4.16. The van der Waals surface area contributed by atoms with Crippen LogP contribution in [0.15, 0.2) is 12.7 Å². The van der Waals surface area contributed by atoms with Crippen LogP contribution in [0.25, 0.3) is 0 Å². The smallest absolute Gasteiger partial charge is 0.330 e. The van der Waals surface area contributed by atoms with Crippen LogP contribution in [-0.2, 0) is 9.53 Å². The van der Waals surface area contributed by atoms with Crippen molar-refractivity contribution in [1.29, 1.82) is 0 Å². The van der Waals surface area contributed by atoms with Gasteiger partial charge >= 0.3 is 5.97 Å². The molecule has 0 aromatic carbocycles. The monoisotopic (exact) mass is 266 g/mol. The van der Waals surface area contributed by atoms with Crippen LogP contribution in [0.5, 0.6) is 0 Å². The molecule has 0 bridgehead atoms. The highest BCUT2D eigenvalue weighted by molar-refractivity contribution is 5.81. The summed E-state index contributed by atoms with van der Waals surface area (Å²) in [5, 5.41) is 0.